The maximum absolute atomic E-state index is 11.8. The van der Waals surface area contributed by atoms with E-state index in [9.17, 15) is 4.79 Å². The van der Waals surface area contributed by atoms with Crippen LogP contribution in [0.1, 0.15) is 37.7 Å². The number of amides is 1. The summed E-state index contributed by atoms with van der Waals surface area (Å²) in [6.07, 6.45) is 1.66. The zero-order valence-corrected chi connectivity index (χ0v) is 13.4. The summed E-state index contributed by atoms with van der Waals surface area (Å²) in [5, 5.41) is 4.60. The summed E-state index contributed by atoms with van der Waals surface area (Å²) in [7, 11) is 1.98. The Balaban J connectivity index is 2.29. The van der Waals surface area contributed by atoms with Gasteiger partial charge in [0.15, 0.2) is 0 Å². The van der Waals surface area contributed by atoms with E-state index in [1.165, 1.54) is 11.3 Å². The molecule has 0 bridgehead atoms. The van der Waals surface area contributed by atoms with Gasteiger partial charge >= 0.3 is 0 Å². The lowest BCUT2D eigenvalue weighted by molar-refractivity contribution is -0.136. The summed E-state index contributed by atoms with van der Waals surface area (Å²) in [6.45, 7) is 8.22. The fraction of sp³-hybridized carbons (Fsp3) is 0.733. The maximum atomic E-state index is 11.8. The number of hydrogen-bond acceptors (Lipinski definition) is 4. The number of rotatable bonds is 5. The number of aryl methyl sites for hydroxylation is 2. The van der Waals surface area contributed by atoms with E-state index >= 15 is 0 Å². The second-order valence-electron chi connectivity index (χ2n) is 5.60. The molecule has 1 fully saturated rings. The lowest BCUT2D eigenvalue weighted by Crippen LogP contribution is -2.56. The minimum Gasteiger partial charge on any atom is -0.375 e. The largest absolute Gasteiger partial charge is 0.375 e. The summed E-state index contributed by atoms with van der Waals surface area (Å²) in [5.74, 6) is -0.317. The lowest BCUT2D eigenvalue weighted by Gasteiger charge is -2.38. The van der Waals surface area contributed by atoms with Gasteiger partial charge in [0.1, 0.15) is 6.04 Å². The van der Waals surface area contributed by atoms with Gasteiger partial charge in [0.25, 0.3) is 0 Å². The molecule has 0 saturated carbocycles. The summed E-state index contributed by atoms with van der Waals surface area (Å²) in [5.41, 5.74) is 9.14. The molecule has 6 nitrogen and oxygen atoms in total. The zero-order chi connectivity index (χ0) is 15.6. The van der Waals surface area contributed by atoms with Gasteiger partial charge in [-0.3, -0.25) is 14.4 Å². The first-order chi connectivity index (χ1) is 9.99. The van der Waals surface area contributed by atoms with E-state index in [-0.39, 0.29) is 18.1 Å². The van der Waals surface area contributed by atoms with Crippen molar-refractivity contribution in [1.82, 2.24) is 14.7 Å². The van der Waals surface area contributed by atoms with E-state index in [0.29, 0.717) is 13.2 Å². The molecular weight excluding hydrogens is 268 g/mol. The Labute approximate surface area is 126 Å². The van der Waals surface area contributed by atoms with Crippen LogP contribution in [-0.2, 0) is 36.0 Å². The third-order valence-electron chi connectivity index (χ3n) is 4.28. The number of nitrogens with zero attached hydrogens (tertiary/aromatic N) is 3. The van der Waals surface area contributed by atoms with E-state index < -0.39 is 0 Å². The van der Waals surface area contributed by atoms with Crippen LogP contribution in [0.25, 0.3) is 0 Å². The van der Waals surface area contributed by atoms with Gasteiger partial charge in [-0.25, -0.2) is 0 Å². The summed E-state index contributed by atoms with van der Waals surface area (Å²) >= 11 is 0. The Hall–Kier alpha value is -1.40. The standard InChI is InChI=1S/C15H26N4O2/c1-5-12-11(13(6-2)18(4)17-12)9-19-7-8-21-10(3)14(19)15(16)20/h10,14H,5-9H2,1-4H3,(H2,16,20)/t10-,14+/m1/s1. The highest BCUT2D eigenvalue weighted by molar-refractivity contribution is 5.80. The molecule has 1 aromatic heterocycles. The van der Waals surface area contributed by atoms with Gasteiger partial charge in [0, 0.05) is 31.4 Å². The van der Waals surface area contributed by atoms with E-state index in [2.05, 4.69) is 23.8 Å². The Morgan fingerprint density at radius 2 is 2.14 bits per heavy atom. The number of carbonyl (C=O) groups is 1. The molecule has 0 radical (unpaired) electrons. The highest BCUT2D eigenvalue weighted by Gasteiger charge is 2.34. The monoisotopic (exact) mass is 294 g/mol. The molecule has 2 heterocycles. The number of hydrogen-bond donors (Lipinski definition) is 1. The molecular formula is C15H26N4O2. The summed E-state index contributed by atoms with van der Waals surface area (Å²) in [4.78, 5) is 13.9. The Morgan fingerprint density at radius 1 is 1.43 bits per heavy atom. The predicted molar refractivity (Wildman–Crippen MR) is 80.8 cm³/mol. The van der Waals surface area contributed by atoms with E-state index in [0.717, 1.165) is 25.1 Å². The van der Waals surface area contributed by atoms with Crippen molar-refractivity contribution in [2.45, 2.75) is 52.3 Å². The maximum Gasteiger partial charge on any atom is 0.237 e. The van der Waals surface area contributed by atoms with Crippen molar-refractivity contribution >= 4 is 5.91 Å². The molecule has 21 heavy (non-hydrogen) atoms. The van der Waals surface area contributed by atoms with Gasteiger partial charge in [0.05, 0.1) is 18.4 Å². The number of nitrogens with two attached hydrogens (primary N) is 1. The zero-order valence-electron chi connectivity index (χ0n) is 13.4. The second-order valence-corrected chi connectivity index (χ2v) is 5.60. The molecule has 0 aromatic carbocycles. The number of morpholine rings is 1. The molecule has 0 unspecified atom stereocenters. The highest BCUT2D eigenvalue weighted by atomic mass is 16.5. The lowest BCUT2D eigenvalue weighted by atomic mass is 10.0. The number of ether oxygens (including phenoxy) is 1. The molecule has 1 amide bonds. The van der Waals surface area contributed by atoms with Crippen LogP contribution in [0.2, 0.25) is 0 Å². The average Bonchev–Trinajstić information content (AvgIpc) is 2.73. The van der Waals surface area contributed by atoms with Crippen molar-refractivity contribution in [3.63, 3.8) is 0 Å². The van der Waals surface area contributed by atoms with Crippen molar-refractivity contribution in [3.05, 3.63) is 17.0 Å². The first kappa shape index (κ1) is 16.0. The SMILES string of the molecule is CCc1nn(C)c(CC)c1CN1CCO[C@H](C)[C@H]1C(N)=O. The van der Waals surface area contributed by atoms with Crippen molar-refractivity contribution in [1.29, 1.82) is 0 Å². The van der Waals surface area contributed by atoms with Gasteiger partial charge in [-0.2, -0.15) is 5.10 Å². The van der Waals surface area contributed by atoms with Gasteiger partial charge in [-0.15, -0.1) is 0 Å². The third-order valence-corrected chi connectivity index (χ3v) is 4.28. The Morgan fingerprint density at radius 3 is 2.71 bits per heavy atom. The number of primary amides is 1. The predicted octanol–water partition coefficient (Wildman–Crippen LogP) is 0.620. The van der Waals surface area contributed by atoms with Gasteiger partial charge in [-0.1, -0.05) is 13.8 Å². The minimum absolute atomic E-state index is 0.164. The number of carbonyl (C=O) groups excluding carboxylic acids is 1. The third kappa shape index (κ3) is 3.11. The topological polar surface area (TPSA) is 73.4 Å². The van der Waals surface area contributed by atoms with Crippen LogP contribution in [0.4, 0.5) is 0 Å². The quantitative estimate of drug-likeness (QED) is 0.864. The molecule has 2 rings (SSSR count). The molecule has 1 saturated heterocycles. The van der Waals surface area contributed by atoms with Crippen LogP contribution in [0.3, 0.4) is 0 Å². The molecule has 1 aromatic rings. The molecule has 0 spiro atoms. The summed E-state index contributed by atoms with van der Waals surface area (Å²) < 4.78 is 7.53. The van der Waals surface area contributed by atoms with Crippen LogP contribution in [0, 0.1) is 0 Å². The van der Waals surface area contributed by atoms with Gasteiger partial charge in [0.2, 0.25) is 5.91 Å². The smallest absolute Gasteiger partial charge is 0.237 e. The van der Waals surface area contributed by atoms with Crippen LogP contribution in [-0.4, -0.2) is 45.9 Å². The van der Waals surface area contributed by atoms with E-state index in [1.807, 2.05) is 18.7 Å². The van der Waals surface area contributed by atoms with Gasteiger partial charge in [-0.05, 0) is 19.8 Å². The first-order valence-corrected chi connectivity index (χ1v) is 7.68. The van der Waals surface area contributed by atoms with Crippen LogP contribution in [0.5, 0.6) is 0 Å². The Bertz CT molecular complexity index is 512. The molecule has 2 atom stereocenters. The van der Waals surface area contributed by atoms with E-state index in [1.54, 1.807) is 0 Å². The molecule has 6 heteroatoms. The first-order valence-electron chi connectivity index (χ1n) is 7.68. The van der Waals surface area contributed by atoms with E-state index in [4.69, 9.17) is 10.5 Å². The summed E-state index contributed by atoms with van der Waals surface area (Å²) in [6, 6.07) is -0.367. The van der Waals surface area contributed by atoms with Crippen LogP contribution < -0.4 is 5.73 Å². The normalized spacial score (nSPS) is 23.4. The molecule has 1 aliphatic heterocycles. The van der Waals surface area contributed by atoms with Gasteiger partial charge < -0.3 is 10.5 Å². The number of aromatic nitrogens is 2. The fourth-order valence-corrected chi connectivity index (χ4v) is 3.25. The van der Waals surface area contributed by atoms with Crippen LogP contribution in [0.15, 0.2) is 0 Å². The molecule has 1 aliphatic rings. The van der Waals surface area contributed by atoms with Crippen molar-refractivity contribution in [2.24, 2.45) is 12.8 Å². The van der Waals surface area contributed by atoms with Crippen molar-refractivity contribution in [2.75, 3.05) is 13.2 Å². The van der Waals surface area contributed by atoms with Crippen LogP contribution >= 0.6 is 0 Å². The van der Waals surface area contributed by atoms with Crippen molar-refractivity contribution in [3.8, 4) is 0 Å². The van der Waals surface area contributed by atoms with Crippen molar-refractivity contribution < 1.29 is 9.53 Å². The molecule has 2 N–H and O–H groups in total. The molecule has 0 aliphatic carbocycles. The second kappa shape index (κ2) is 6.58. The highest BCUT2D eigenvalue weighted by Crippen LogP contribution is 2.22. The fourth-order valence-electron chi connectivity index (χ4n) is 3.25. The minimum atomic E-state index is -0.367. The average molecular weight is 294 g/mol. The Kier molecular flexibility index (Phi) is 5.00. The molecule has 118 valence electrons.